The lowest BCUT2D eigenvalue weighted by Crippen LogP contribution is -2.39. The molecule has 172 valence electrons. The number of H-pyrrole nitrogens is 1. The highest BCUT2D eigenvalue weighted by molar-refractivity contribution is 5.94. The van der Waals surface area contributed by atoms with Crippen LogP contribution in [0.25, 0.3) is 0 Å². The molecule has 2 amide bonds. The summed E-state index contributed by atoms with van der Waals surface area (Å²) in [7, 11) is 0. The van der Waals surface area contributed by atoms with E-state index in [1.807, 2.05) is 20.8 Å². The summed E-state index contributed by atoms with van der Waals surface area (Å²) in [6, 6.07) is 5.67. The van der Waals surface area contributed by atoms with E-state index in [4.69, 9.17) is 0 Å². The number of hydrogen-bond donors (Lipinski definition) is 1. The van der Waals surface area contributed by atoms with Gasteiger partial charge in [-0.3, -0.25) is 14.7 Å². The van der Waals surface area contributed by atoms with Crippen molar-refractivity contribution in [1.82, 2.24) is 20.0 Å². The zero-order valence-electron chi connectivity index (χ0n) is 18.4. The molecule has 0 atom stereocenters. The highest BCUT2D eigenvalue weighted by Gasteiger charge is 2.38. The van der Waals surface area contributed by atoms with Crippen molar-refractivity contribution >= 4 is 11.8 Å². The van der Waals surface area contributed by atoms with Gasteiger partial charge in [-0.25, -0.2) is 0 Å². The number of alkyl halides is 3. The van der Waals surface area contributed by atoms with Gasteiger partial charge >= 0.3 is 6.18 Å². The molecular weight excluding hydrogens is 421 g/mol. The summed E-state index contributed by atoms with van der Waals surface area (Å²) in [4.78, 5) is 29.1. The van der Waals surface area contributed by atoms with Crippen LogP contribution in [0.4, 0.5) is 13.2 Å². The van der Waals surface area contributed by atoms with E-state index in [1.165, 1.54) is 12.1 Å². The van der Waals surface area contributed by atoms with Crippen LogP contribution in [0.3, 0.4) is 0 Å². The lowest BCUT2D eigenvalue weighted by atomic mass is 9.86. The molecule has 1 N–H and O–H groups in total. The normalized spacial score (nSPS) is 17.6. The van der Waals surface area contributed by atoms with Crippen molar-refractivity contribution in [3.05, 3.63) is 52.3 Å². The van der Waals surface area contributed by atoms with Gasteiger partial charge in [0.25, 0.3) is 5.91 Å². The minimum Gasteiger partial charge on any atom is -0.337 e. The van der Waals surface area contributed by atoms with Gasteiger partial charge in [-0.2, -0.15) is 18.3 Å². The van der Waals surface area contributed by atoms with Crippen molar-refractivity contribution in [2.24, 2.45) is 5.41 Å². The first-order valence-corrected chi connectivity index (χ1v) is 10.8. The Morgan fingerprint density at radius 2 is 1.69 bits per heavy atom. The van der Waals surface area contributed by atoms with Crippen molar-refractivity contribution in [3.8, 4) is 0 Å². The predicted octanol–water partition coefficient (Wildman–Crippen LogP) is 4.34. The second-order valence-corrected chi connectivity index (χ2v) is 9.59. The molecular formula is C23H27F3N4O2. The SMILES string of the molecule is CC(C)(C)C(=O)N1Cc2[nH]nc(C(=O)N3CCC(c4ccccc4C(F)(F)F)CC3)c2C1. The van der Waals surface area contributed by atoms with Crippen molar-refractivity contribution in [2.45, 2.75) is 58.8 Å². The Morgan fingerprint density at radius 1 is 1.03 bits per heavy atom. The van der Waals surface area contributed by atoms with Gasteiger partial charge in [0.15, 0.2) is 5.69 Å². The molecule has 32 heavy (non-hydrogen) atoms. The fraction of sp³-hybridized carbons (Fsp3) is 0.522. The average molecular weight is 448 g/mol. The first-order valence-electron chi connectivity index (χ1n) is 10.8. The Labute approximate surface area is 184 Å². The molecule has 1 aromatic heterocycles. The Kier molecular flexibility index (Phi) is 5.55. The first-order chi connectivity index (χ1) is 15.0. The van der Waals surface area contributed by atoms with E-state index in [2.05, 4.69) is 10.2 Å². The highest BCUT2D eigenvalue weighted by Crippen LogP contribution is 2.39. The van der Waals surface area contributed by atoms with Gasteiger partial charge in [0.05, 0.1) is 24.3 Å². The largest absolute Gasteiger partial charge is 0.416 e. The van der Waals surface area contributed by atoms with Gasteiger partial charge in [0.1, 0.15) is 0 Å². The van der Waals surface area contributed by atoms with Gasteiger partial charge < -0.3 is 9.80 Å². The number of nitrogens with zero attached hydrogens (tertiary/aromatic N) is 3. The van der Waals surface area contributed by atoms with E-state index in [1.54, 1.807) is 15.9 Å². The maximum absolute atomic E-state index is 13.4. The number of hydrogen-bond acceptors (Lipinski definition) is 3. The number of rotatable bonds is 2. The summed E-state index contributed by atoms with van der Waals surface area (Å²) < 4.78 is 40.1. The maximum Gasteiger partial charge on any atom is 0.416 e. The molecule has 0 radical (unpaired) electrons. The monoisotopic (exact) mass is 448 g/mol. The summed E-state index contributed by atoms with van der Waals surface area (Å²) in [5.74, 6) is -0.485. The van der Waals surface area contributed by atoms with E-state index >= 15 is 0 Å². The maximum atomic E-state index is 13.4. The van der Waals surface area contributed by atoms with Gasteiger partial charge in [0, 0.05) is 24.1 Å². The zero-order chi connectivity index (χ0) is 23.3. The average Bonchev–Trinajstić information content (AvgIpc) is 3.32. The Hall–Kier alpha value is -2.84. The van der Waals surface area contributed by atoms with Crippen LogP contribution < -0.4 is 0 Å². The number of carbonyl (C=O) groups excluding carboxylic acids is 2. The first kappa shape index (κ1) is 22.4. The van der Waals surface area contributed by atoms with Gasteiger partial charge in [-0.05, 0) is 30.4 Å². The minimum absolute atomic E-state index is 0.00430. The molecule has 2 aromatic rings. The van der Waals surface area contributed by atoms with Crippen LogP contribution >= 0.6 is 0 Å². The summed E-state index contributed by atoms with van der Waals surface area (Å²) in [5.41, 5.74) is 0.980. The van der Waals surface area contributed by atoms with Crippen molar-refractivity contribution < 1.29 is 22.8 Å². The highest BCUT2D eigenvalue weighted by atomic mass is 19.4. The Bertz CT molecular complexity index is 1030. The lowest BCUT2D eigenvalue weighted by molar-refractivity contribution is -0.140. The van der Waals surface area contributed by atoms with E-state index in [0.717, 1.165) is 17.3 Å². The Balaban J connectivity index is 1.44. The van der Waals surface area contributed by atoms with Crippen LogP contribution in [0.15, 0.2) is 24.3 Å². The quantitative estimate of drug-likeness (QED) is 0.743. The number of benzene rings is 1. The third-order valence-corrected chi connectivity index (χ3v) is 6.27. The molecule has 9 heteroatoms. The number of nitrogens with one attached hydrogen (secondary N) is 1. The van der Waals surface area contributed by atoms with Crippen LogP contribution in [-0.4, -0.2) is 44.9 Å². The molecule has 4 rings (SSSR count). The standard InChI is InChI=1S/C23H27F3N4O2/c1-22(2,3)21(32)30-12-16-18(13-30)27-28-19(16)20(31)29-10-8-14(9-11-29)15-6-4-5-7-17(15)23(24,25)26/h4-7,14H,8-13H2,1-3H3,(H,27,28). The smallest absolute Gasteiger partial charge is 0.337 e. The molecule has 2 aliphatic rings. The third kappa shape index (κ3) is 4.12. The number of aromatic nitrogens is 2. The molecule has 0 spiro atoms. The second-order valence-electron chi connectivity index (χ2n) is 9.59. The number of aromatic amines is 1. The van der Waals surface area contributed by atoms with E-state index in [-0.39, 0.29) is 17.7 Å². The molecule has 0 unspecified atom stereocenters. The van der Waals surface area contributed by atoms with Crippen LogP contribution in [0.1, 0.15) is 72.4 Å². The summed E-state index contributed by atoms with van der Waals surface area (Å²) in [6.07, 6.45) is -3.48. The summed E-state index contributed by atoms with van der Waals surface area (Å²) in [5, 5.41) is 7.07. The van der Waals surface area contributed by atoms with E-state index in [9.17, 15) is 22.8 Å². The van der Waals surface area contributed by atoms with Gasteiger partial charge in [-0.1, -0.05) is 39.0 Å². The van der Waals surface area contributed by atoms with Crippen molar-refractivity contribution in [1.29, 1.82) is 0 Å². The molecule has 1 aromatic carbocycles. The summed E-state index contributed by atoms with van der Waals surface area (Å²) >= 11 is 0. The van der Waals surface area contributed by atoms with Crippen LogP contribution in [0.5, 0.6) is 0 Å². The molecule has 0 bridgehead atoms. The van der Waals surface area contributed by atoms with E-state index < -0.39 is 17.2 Å². The summed E-state index contributed by atoms with van der Waals surface area (Å²) in [6.45, 7) is 7.01. The molecule has 3 heterocycles. The number of amides is 2. The van der Waals surface area contributed by atoms with Crippen LogP contribution in [0.2, 0.25) is 0 Å². The van der Waals surface area contributed by atoms with Gasteiger partial charge in [0.2, 0.25) is 5.91 Å². The predicted molar refractivity (Wildman–Crippen MR) is 112 cm³/mol. The topological polar surface area (TPSA) is 69.3 Å². The molecule has 0 aliphatic carbocycles. The van der Waals surface area contributed by atoms with Crippen molar-refractivity contribution in [3.63, 3.8) is 0 Å². The van der Waals surface area contributed by atoms with Gasteiger partial charge in [-0.15, -0.1) is 0 Å². The van der Waals surface area contributed by atoms with E-state index in [0.29, 0.717) is 50.3 Å². The molecule has 0 saturated carbocycles. The second kappa shape index (κ2) is 7.94. The third-order valence-electron chi connectivity index (χ3n) is 6.27. The lowest BCUT2D eigenvalue weighted by Gasteiger charge is -2.33. The fourth-order valence-corrected chi connectivity index (χ4v) is 4.59. The van der Waals surface area contributed by atoms with Crippen LogP contribution in [0, 0.1) is 5.41 Å². The zero-order valence-corrected chi connectivity index (χ0v) is 18.4. The number of likely N-dealkylation sites (tertiary alicyclic amines) is 1. The number of carbonyl (C=O) groups is 2. The fourth-order valence-electron chi connectivity index (χ4n) is 4.59. The van der Waals surface area contributed by atoms with Crippen molar-refractivity contribution in [2.75, 3.05) is 13.1 Å². The molecule has 6 nitrogen and oxygen atoms in total. The molecule has 1 fully saturated rings. The number of fused-ring (bicyclic) bond motifs is 1. The number of piperidine rings is 1. The minimum atomic E-state index is -4.39. The molecule has 2 aliphatic heterocycles. The molecule has 1 saturated heterocycles. The Morgan fingerprint density at radius 3 is 2.31 bits per heavy atom. The van der Waals surface area contributed by atoms with Crippen LogP contribution in [-0.2, 0) is 24.1 Å². The number of halogens is 3.